The van der Waals surface area contributed by atoms with Crippen LogP contribution in [0.3, 0.4) is 0 Å². The van der Waals surface area contributed by atoms with Crippen LogP contribution >= 0.6 is 23.8 Å². The number of carbonyl (C=O) groups is 2. The Kier molecular flexibility index (Phi) is 7.29. The van der Waals surface area contributed by atoms with Crippen molar-refractivity contribution in [2.75, 3.05) is 25.1 Å². The number of benzene rings is 2. The maximum Gasteiger partial charge on any atom is 0.257 e. The summed E-state index contributed by atoms with van der Waals surface area (Å²) in [4.78, 5) is 29.0. The summed E-state index contributed by atoms with van der Waals surface area (Å²) in [5.41, 5.74) is 1.60. The lowest BCUT2D eigenvalue weighted by Crippen LogP contribution is -2.50. The molecule has 2 aromatic rings. The van der Waals surface area contributed by atoms with E-state index in [0.29, 0.717) is 41.1 Å². The predicted molar refractivity (Wildman–Crippen MR) is 122 cm³/mol. The molecule has 0 saturated carbocycles. The molecular weight excluding hydrogens is 422 g/mol. The summed E-state index contributed by atoms with van der Waals surface area (Å²) < 4.78 is 5.15. The molecule has 6 nitrogen and oxygen atoms in total. The van der Waals surface area contributed by atoms with Crippen LogP contribution < -0.4 is 15.0 Å². The third-order valence-corrected chi connectivity index (χ3v) is 5.60. The van der Waals surface area contributed by atoms with Gasteiger partial charge in [-0.2, -0.15) is 0 Å². The second kappa shape index (κ2) is 9.91. The Morgan fingerprint density at radius 3 is 2.47 bits per heavy atom. The van der Waals surface area contributed by atoms with Gasteiger partial charge < -0.3 is 15.0 Å². The predicted octanol–water partition coefficient (Wildman–Crippen LogP) is 3.42. The number of nitrogens with zero attached hydrogens (tertiary/aromatic N) is 2. The van der Waals surface area contributed by atoms with E-state index < -0.39 is 6.04 Å². The summed E-state index contributed by atoms with van der Waals surface area (Å²) >= 11 is 11.5. The van der Waals surface area contributed by atoms with Crippen LogP contribution in [0.4, 0.5) is 5.69 Å². The van der Waals surface area contributed by atoms with Crippen molar-refractivity contribution in [2.45, 2.75) is 25.8 Å². The zero-order chi connectivity index (χ0) is 21.7. The van der Waals surface area contributed by atoms with Crippen molar-refractivity contribution in [3.8, 4) is 5.75 Å². The van der Waals surface area contributed by atoms with Crippen molar-refractivity contribution < 1.29 is 14.3 Å². The van der Waals surface area contributed by atoms with Gasteiger partial charge >= 0.3 is 0 Å². The van der Waals surface area contributed by atoms with Crippen molar-refractivity contribution >= 4 is 46.4 Å². The van der Waals surface area contributed by atoms with Crippen LogP contribution in [0.1, 0.15) is 18.9 Å². The number of hydrogen-bond acceptors (Lipinski definition) is 4. The zero-order valence-corrected chi connectivity index (χ0v) is 18.5. The Bertz CT molecular complexity index is 918. The van der Waals surface area contributed by atoms with E-state index in [1.54, 1.807) is 31.4 Å². The second-order valence-electron chi connectivity index (χ2n) is 6.89. The first-order valence-electron chi connectivity index (χ1n) is 9.74. The van der Waals surface area contributed by atoms with E-state index in [4.69, 9.17) is 28.6 Å². The molecule has 1 heterocycles. The monoisotopic (exact) mass is 445 g/mol. The van der Waals surface area contributed by atoms with Gasteiger partial charge in [0.1, 0.15) is 11.8 Å². The Morgan fingerprint density at radius 2 is 1.87 bits per heavy atom. The van der Waals surface area contributed by atoms with Crippen molar-refractivity contribution in [3.05, 3.63) is 59.1 Å². The molecule has 2 amide bonds. The Hall–Kier alpha value is -2.64. The summed E-state index contributed by atoms with van der Waals surface area (Å²) in [6.07, 6.45) is 0.750. The first kappa shape index (κ1) is 22.1. The number of ether oxygens (including phenoxy) is 1. The normalized spacial score (nSPS) is 16.0. The number of methoxy groups -OCH3 is 1. The van der Waals surface area contributed by atoms with Gasteiger partial charge in [-0.3, -0.25) is 9.59 Å². The van der Waals surface area contributed by atoms with Crippen LogP contribution in [0, 0.1) is 0 Å². The number of rotatable bonds is 7. The highest BCUT2D eigenvalue weighted by Crippen LogP contribution is 2.27. The lowest BCUT2D eigenvalue weighted by Gasteiger charge is -2.30. The van der Waals surface area contributed by atoms with E-state index in [2.05, 4.69) is 5.32 Å². The number of nitrogens with one attached hydrogen (secondary N) is 1. The Balaban J connectivity index is 1.79. The molecule has 1 N–H and O–H groups in total. The fourth-order valence-corrected chi connectivity index (χ4v) is 3.90. The first-order valence-corrected chi connectivity index (χ1v) is 10.5. The molecule has 1 unspecified atom stereocenters. The van der Waals surface area contributed by atoms with Crippen molar-refractivity contribution in [2.24, 2.45) is 0 Å². The standard InChI is InChI=1S/C22H24ClN3O3S/c1-3-24-22(30)25(13-12-15-4-6-16(23)7-5-15)19-14-20(27)26(21(19)28)17-8-10-18(29-2)11-9-17/h4-11,19H,3,12-14H2,1-2H3,(H,24,30). The van der Waals surface area contributed by atoms with Crippen molar-refractivity contribution in [1.82, 2.24) is 10.2 Å². The molecule has 0 radical (unpaired) electrons. The van der Waals surface area contributed by atoms with Gasteiger partial charge in [-0.25, -0.2) is 4.90 Å². The number of thiocarbonyl (C=S) groups is 1. The quantitative estimate of drug-likeness (QED) is 0.520. The molecular formula is C22H24ClN3O3S. The number of carbonyl (C=O) groups excluding carboxylic acids is 2. The highest BCUT2D eigenvalue weighted by atomic mass is 35.5. The van der Waals surface area contributed by atoms with E-state index in [1.165, 1.54) is 4.90 Å². The zero-order valence-electron chi connectivity index (χ0n) is 16.9. The molecule has 0 spiro atoms. The first-order chi connectivity index (χ1) is 14.4. The fraction of sp³-hybridized carbons (Fsp3) is 0.318. The number of imide groups is 1. The molecule has 2 aromatic carbocycles. The topological polar surface area (TPSA) is 61.9 Å². The molecule has 1 fully saturated rings. The minimum Gasteiger partial charge on any atom is -0.497 e. The maximum absolute atomic E-state index is 13.2. The largest absolute Gasteiger partial charge is 0.497 e. The average Bonchev–Trinajstić information content (AvgIpc) is 3.03. The van der Waals surface area contributed by atoms with E-state index in [1.807, 2.05) is 36.1 Å². The van der Waals surface area contributed by atoms with Gasteiger partial charge in [-0.1, -0.05) is 23.7 Å². The van der Waals surface area contributed by atoms with Gasteiger partial charge in [-0.15, -0.1) is 0 Å². The third-order valence-electron chi connectivity index (χ3n) is 4.97. The summed E-state index contributed by atoms with van der Waals surface area (Å²) in [5.74, 6) is 0.139. The molecule has 1 saturated heterocycles. The SMILES string of the molecule is CCNC(=S)N(CCc1ccc(Cl)cc1)C1CC(=O)N(c2ccc(OC)cc2)C1=O. The molecule has 8 heteroatoms. The molecule has 0 aliphatic carbocycles. The summed E-state index contributed by atoms with van der Waals surface area (Å²) in [6, 6.07) is 13.8. The highest BCUT2D eigenvalue weighted by Gasteiger charge is 2.43. The van der Waals surface area contributed by atoms with Gasteiger partial charge in [0.05, 0.1) is 19.2 Å². The lowest BCUT2D eigenvalue weighted by atomic mass is 10.1. The van der Waals surface area contributed by atoms with Crippen LogP contribution in [-0.4, -0.2) is 48.1 Å². The van der Waals surface area contributed by atoms with E-state index >= 15 is 0 Å². The van der Waals surface area contributed by atoms with Crippen LogP contribution in [0.2, 0.25) is 5.02 Å². The Labute approximate surface area is 186 Å². The fourth-order valence-electron chi connectivity index (χ4n) is 3.41. The molecule has 0 aromatic heterocycles. The highest BCUT2D eigenvalue weighted by molar-refractivity contribution is 7.80. The van der Waals surface area contributed by atoms with Crippen molar-refractivity contribution in [3.63, 3.8) is 0 Å². The maximum atomic E-state index is 13.2. The van der Waals surface area contributed by atoms with Crippen LogP contribution in [-0.2, 0) is 16.0 Å². The summed E-state index contributed by atoms with van der Waals surface area (Å²) in [6.45, 7) is 3.08. The molecule has 158 valence electrons. The Morgan fingerprint density at radius 1 is 1.20 bits per heavy atom. The summed E-state index contributed by atoms with van der Waals surface area (Å²) in [7, 11) is 1.57. The van der Waals surface area contributed by atoms with Gasteiger partial charge in [0.2, 0.25) is 5.91 Å². The van der Waals surface area contributed by atoms with Gasteiger partial charge in [0, 0.05) is 18.1 Å². The summed E-state index contributed by atoms with van der Waals surface area (Å²) in [5, 5.41) is 4.25. The van der Waals surface area contributed by atoms with Gasteiger partial charge in [0.15, 0.2) is 5.11 Å². The molecule has 30 heavy (non-hydrogen) atoms. The molecule has 1 aliphatic heterocycles. The van der Waals surface area contributed by atoms with Gasteiger partial charge in [-0.05, 0) is 67.5 Å². The van der Waals surface area contributed by atoms with Crippen LogP contribution in [0.25, 0.3) is 0 Å². The van der Waals surface area contributed by atoms with Crippen LogP contribution in [0.5, 0.6) is 5.75 Å². The number of amides is 2. The van der Waals surface area contributed by atoms with Gasteiger partial charge in [0.25, 0.3) is 5.91 Å². The number of hydrogen-bond donors (Lipinski definition) is 1. The van der Waals surface area contributed by atoms with Crippen molar-refractivity contribution in [1.29, 1.82) is 0 Å². The molecule has 1 aliphatic rings. The lowest BCUT2D eigenvalue weighted by molar-refractivity contribution is -0.122. The molecule has 3 rings (SSSR count). The number of anilines is 1. The third kappa shape index (κ3) is 4.91. The average molecular weight is 446 g/mol. The minimum atomic E-state index is -0.640. The van der Waals surface area contributed by atoms with E-state index in [9.17, 15) is 9.59 Å². The number of halogens is 1. The molecule has 1 atom stereocenters. The van der Waals surface area contributed by atoms with E-state index in [0.717, 1.165) is 5.56 Å². The second-order valence-corrected chi connectivity index (χ2v) is 7.71. The smallest absolute Gasteiger partial charge is 0.257 e. The minimum absolute atomic E-state index is 0.0804. The van der Waals surface area contributed by atoms with Crippen LogP contribution in [0.15, 0.2) is 48.5 Å². The molecule has 0 bridgehead atoms. The van der Waals surface area contributed by atoms with E-state index in [-0.39, 0.29) is 18.2 Å².